The number of hydrogen-bond acceptors (Lipinski definition) is 5. The van der Waals surface area contributed by atoms with Crippen molar-refractivity contribution in [2.75, 3.05) is 27.9 Å². The summed E-state index contributed by atoms with van der Waals surface area (Å²) in [5, 5.41) is 0. The molecule has 0 saturated heterocycles. The first-order chi connectivity index (χ1) is 9.08. The molecule has 0 fully saturated rings. The van der Waals surface area contributed by atoms with Crippen molar-refractivity contribution < 1.29 is 23.8 Å². The summed E-state index contributed by atoms with van der Waals surface area (Å²) in [7, 11) is 4.03. The van der Waals surface area contributed by atoms with Crippen LogP contribution in [0.25, 0.3) is 0 Å². The number of allylic oxidation sites excluding steroid dienone is 1. The molecule has 0 rings (SSSR count). The van der Waals surface area contributed by atoms with Gasteiger partial charge in [-0.2, -0.15) is 0 Å². The molecule has 0 N–H and O–H groups in total. The fourth-order valence-electron chi connectivity index (χ4n) is 1.55. The van der Waals surface area contributed by atoms with Crippen LogP contribution in [0, 0.1) is 17.3 Å². The molecule has 106 valence electrons. The summed E-state index contributed by atoms with van der Waals surface area (Å²) in [5.74, 6) is 4.11. The average molecular weight is 268 g/mol. The van der Waals surface area contributed by atoms with Crippen LogP contribution in [-0.2, 0) is 23.8 Å². The van der Waals surface area contributed by atoms with Crippen LogP contribution in [0.5, 0.6) is 0 Å². The van der Waals surface area contributed by atoms with Crippen molar-refractivity contribution in [3.05, 3.63) is 12.2 Å². The standard InChI is InChI=1S/C14H20O5/c1-5-6-9-14(12(15)18-3,13(16)19-4)10-7-8-11-17-2/h7-8H,9-11H2,1-4H3/b8-7+. The summed E-state index contributed by atoms with van der Waals surface area (Å²) in [5.41, 5.74) is -1.42. The van der Waals surface area contributed by atoms with Gasteiger partial charge in [-0.25, -0.2) is 0 Å². The van der Waals surface area contributed by atoms with Gasteiger partial charge in [-0.3, -0.25) is 9.59 Å². The molecule has 0 atom stereocenters. The van der Waals surface area contributed by atoms with Crippen molar-refractivity contribution in [2.24, 2.45) is 5.41 Å². The predicted octanol–water partition coefficient (Wildman–Crippen LogP) is 1.32. The topological polar surface area (TPSA) is 61.8 Å². The van der Waals surface area contributed by atoms with E-state index in [0.717, 1.165) is 0 Å². The molecule has 0 unspecified atom stereocenters. The van der Waals surface area contributed by atoms with Gasteiger partial charge in [0.1, 0.15) is 0 Å². The number of carbonyl (C=O) groups is 2. The van der Waals surface area contributed by atoms with E-state index in [2.05, 4.69) is 11.8 Å². The van der Waals surface area contributed by atoms with Crippen LogP contribution >= 0.6 is 0 Å². The first-order valence-corrected chi connectivity index (χ1v) is 5.79. The maximum Gasteiger partial charge on any atom is 0.324 e. The number of esters is 2. The maximum absolute atomic E-state index is 11.9. The van der Waals surface area contributed by atoms with E-state index in [-0.39, 0.29) is 12.8 Å². The maximum atomic E-state index is 11.9. The highest BCUT2D eigenvalue weighted by Crippen LogP contribution is 2.30. The molecule has 0 spiro atoms. The van der Waals surface area contributed by atoms with Gasteiger partial charge in [-0.05, 0) is 13.3 Å². The van der Waals surface area contributed by atoms with Crippen molar-refractivity contribution in [3.63, 3.8) is 0 Å². The van der Waals surface area contributed by atoms with Crippen molar-refractivity contribution in [1.82, 2.24) is 0 Å². The Hall–Kier alpha value is -1.80. The SMILES string of the molecule is CC#CCC(C/C=C/COC)(C(=O)OC)C(=O)OC. The van der Waals surface area contributed by atoms with Gasteiger partial charge in [0.25, 0.3) is 0 Å². The second-order valence-electron chi connectivity index (χ2n) is 3.80. The second kappa shape index (κ2) is 9.17. The lowest BCUT2D eigenvalue weighted by Crippen LogP contribution is -2.40. The molecule has 0 heterocycles. The van der Waals surface area contributed by atoms with E-state index in [1.807, 2.05) is 0 Å². The summed E-state index contributed by atoms with van der Waals surface area (Å²) in [6.07, 6.45) is 3.62. The van der Waals surface area contributed by atoms with Crippen LogP contribution in [-0.4, -0.2) is 39.9 Å². The van der Waals surface area contributed by atoms with Gasteiger partial charge >= 0.3 is 11.9 Å². The Kier molecular flexibility index (Phi) is 8.30. The van der Waals surface area contributed by atoms with Crippen molar-refractivity contribution in [3.8, 4) is 11.8 Å². The van der Waals surface area contributed by atoms with Crippen LogP contribution < -0.4 is 0 Å². The Bertz CT molecular complexity index is 370. The Balaban J connectivity index is 5.27. The molecule has 0 aliphatic carbocycles. The van der Waals surface area contributed by atoms with E-state index < -0.39 is 17.4 Å². The second-order valence-corrected chi connectivity index (χ2v) is 3.80. The van der Waals surface area contributed by atoms with Gasteiger partial charge in [0.05, 0.1) is 20.8 Å². The first kappa shape index (κ1) is 17.2. The molecule has 0 bridgehead atoms. The third-order valence-corrected chi connectivity index (χ3v) is 2.62. The Labute approximate surface area is 113 Å². The lowest BCUT2D eigenvalue weighted by atomic mass is 9.81. The fourth-order valence-corrected chi connectivity index (χ4v) is 1.55. The minimum absolute atomic E-state index is 0.0557. The predicted molar refractivity (Wildman–Crippen MR) is 70.2 cm³/mol. The molecule has 19 heavy (non-hydrogen) atoms. The Morgan fingerprint density at radius 3 is 2.11 bits per heavy atom. The van der Waals surface area contributed by atoms with Gasteiger partial charge in [0.15, 0.2) is 5.41 Å². The summed E-state index contributed by atoms with van der Waals surface area (Å²) < 4.78 is 14.3. The average Bonchev–Trinajstić information content (AvgIpc) is 2.45. The minimum Gasteiger partial charge on any atom is -0.468 e. The van der Waals surface area contributed by atoms with E-state index in [9.17, 15) is 9.59 Å². The molecule has 0 radical (unpaired) electrons. The normalized spacial score (nSPS) is 10.7. The first-order valence-electron chi connectivity index (χ1n) is 5.79. The van der Waals surface area contributed by atoms with E-state index in [0.29, 0.717) is 6.61 Å². The molecular formula is C14H20O5. The summed E-state index contributed by atoms with van der Waals surface area (Å²) in [6, 6.07) is 0. The Morgan fingerprint density at radius 2 is 1.68 bits per heavy atom. The molecule has 0 aliphatic heterocycles. The number of ether oxygens (including phenoxy) is 3. The van der Waals surface area contributed by atoms with Crippen LogP contribution in [0.2, 0.25) is 0 Å². The number of hydrogen-bond donors (Lipinski definition) is 0. The number of methoxy groups -OCH3 is 3. The van der Waals surface area contributed by atoms with Gasteiger partial charge in [0, 0.05) is 13.5 Å². The highest BCUT2D eigenvalue weighted by atomic mass is 16.5. The lowest BCUT2D eigenvalue weighted by molar-refractivity contribution is -0.168. The van der Waals surface area contributed by atoms with Crippen molar-refractivity contribution in [1.29, 1.82) is 0 Å². The van der Waals surface area contributed by atoms with Gasteiger partial charge in [-0.15, -0.1) is 11.8 Å². The van der Waals surface area contributed by atoms with Crippen LogP contribution in [0.4, 0.5) is 0 Å². The highest BCUT2D eigenvalue weighted by Gasteiger charge is 2.46. The van der Waals surface area contributed by atoms with Crippen LogP contribution in [0.15, 0.2) is 12.2 Å². The van der Waals surface area contributed by atoms with E-state index in [4.69, 9.17) is 14.2 Å². The molecule has 0 aromatic heterocycles. The molecular weight excluding hydrogens is 248 g/mol. The number of carbonyl (C=O) groups excluding carboxylic acids is 2. The summed E-state index contributed by atoms with van der Waals surface area (Å²) in [4.78, 5) is 23.9. The van der Waals surface area contributed by atoms with E-state index in [1.165, 1.54) is 14.2 Å². The van der Waals surface area contributed by atoms with Gasteiger partial charge in [0.2, 0.25) is 0 Å². The molecule has 0 aromatic rings. The van der Waals surface area contributed by atoms with E-state index >= 15 is 0 Å². The minimum atomic E-state index is -1.42. The van der Waals surface area contributed by atoms with Gasteiger partial charge < -0.3 is 14.2 Å². The van der Waals surface area contributed by atoms with Crippen LogP contribution in [0.3, 0.4) is 0 Å². The van der Waals surface area contributed by atoms with Crippen molar-refractivity contribution >= 4 is 11.9 Å². The molecule has 0 aliphatic rings. The van der Waals surface area contributed by atoms with Gasteiger partial charge in [-0.1, -0.05) is 12.2 Å². The zero-order valence-corrected chi connectivity index (χ0v) is 11.8. The lowest BCUT2D eigenvalue weighted by Gasteiger charge is -2.24. The third kappa shape index (κ3) is 4.76. The number of rotatable bonds is 7. The fraction of sp³-hybridized carbons (Fsp3) is 0.571. The van der Waals surface area contributed by atoms with E-state index in [1.54, 1.807) is 26.2 Å². The zero-order chi connectivity index (χ0) is 14.7. The molecule has 0 aromatic carbocycles. The molecule has 0 saturated carbocycles. The monoisotopic (exact) mass is 268 g/mol. The molecule has 0 amide bonds. The largest absolute Gasteiger partial charge is 0.468 e. The van der Waals surface area contributed by atoms with Crippen molar-refractivity contribution in [2.45, 2.75) is 19.8 Å². The molecule has 5 nitrogen and oxygen atoms in total. The quantitative estimate of drug-likeness (QED) is 0.302. The third-order valence-electron chi connectivity index (χ3n) is 2.62. The zero-order valence-electron chi connectivity index (χ0n) is 11.8. The smallest absolute Gasteiger partial charge is 0.324 e. The Morgan fingerprint density at radius 1 is 1.11 bits per heavy atom. The highest BCUT2D eigenvalue weighted by molar-refractivity contribution is 6.00. The molecule has 5 heteroatoms. The van der Waals surface area contributed by atoms with Crippen LogP contribution in [0.1, 0.15) is 19.8 Å². The summed E-state index contributed by atoms with van der Waals surface area (Å²) in [6.45, 7) is 2.04. The summed E-state index contributed by atoms with van der Waals surface area (Å²) >= 11 is 0.